The van der Waals surface area contributed by atoms with Crippen molar-refractivity contribution >= 4 is 27.5 Å². The largest absolute Gasteiger partial charge is 0.493 e. The number of amides is 2. The summed E-state index contributed by atoms with van der Waals surface area (Å²) in [7, 11) is -4.01. The molecule has 0 bridgehead atoms. The van der Waals surface area contributed by atoms with Crippen LogP contribution in [-0.4, -0.2) is 110 Å². The molecule has 14 heteroatoms. The number of aryl methyl sites for hydroxylation is 2. The molecule has 0 spiro atoms. The van der Waals surface area contributed by atoms with Gasteiger partial charge in [-0.2, -0.15) is 4.31 Å². The van der Waals surface area contributed by atoms with E-state index in [0.717, 1.165) is 26.2 Å². The van der Waals surface area contributed by atoms with Crippen molar-refractivity contribution in [2.45, 2.75) is 64.2 Å². The van der Waals surface area contributed by atoms with Crippen molar-refractivity contribution in [2.24, 2.45) is 5.73 Å². The Morgan fingerprint density at radius 1 is 1.16 bits per heavy atom. The number of nitrogens with two attached hydrogens (primary N) is 1. The molecule has 0 aliphatic carbocycles. The Labute approximate surface area is 259 Å². The number of piperazine rings is 2. The molecule has 12 nitrogen and oxygen atoms in total. The van der Waals surface area contributed by atoms with Gasteiger partial charge in [-0.05, 0) is 64.3 Å². The molecular weight excluding hydrogens is 589 g/mol. The standard InChI is InChI=1S/C30H46FN7O5S/c1-5-35-20-22(8-7-11-31)27(28(35)29(32)39)34-30(40)24-18-23(9-10-25(24)43-6-2)44(41,42)38-13-12-33-19-26(38)37-16-14-36(15-17-37)21(3)4/h9-10,18,20-21,26,33H,5-8,11-17,19H2,1-4H3,(H2,32,39)(H,34,40). The van der Waals surface area contributed by atoms with E-state index in [1.165, 1.54) is 22.5 Å². The summed E-state index contributed by atoms with van der Waals surface area (Å²) < 4.78 is 50.2. The smallest absolute Gasteiger partial charge is 0.267 e. The van der Waals surface area contributed by atoms with E-state index < -0.39 is 28.5 Å². The molecule has 2 aliphatic heterocycles. The van der Waals surface area contributed by atoms with E-state index in [2.05, 4.69) is 34.3 Å². The fourth-order valence-electron chi connectivity index (χ4n) is 5.97. The fourth-order valence-corrected chi connectivity index (χ4v) is 7.61. The number of benzene rings is 1. The summed E-state index contributed by atoms with van der Waals surface area (Å²) in [6, 6.07) is 4.70. The molecule has 2 amide bonds. The Kier molecular flexibility index (Phi) is 11.4. The number of nitrogens with one attached hydrogen (secondary N) is 2. The molecule has 244 valence electrons. The minimum Gasteiger partial charge on any atom is -0.493 e. The van der Waals surface area contributed by atoms with Crippen LogP contribution in [0.4, 0.5) is 10.1 Å². The summed E-state index contributed by atoms with van der Waals surface area (Å²) in [4.78, 5) is 30.8. The van der Waals surface area contributed by atoms with Gasteiger partial charge in [0.1, 0.15) is 11.4 Å². The third-order valence-electron chi connectivity index (χ3n) is 8.32. The molecular formula is C30H46FN7O5S. The molecule has 3 heterocycles. The summed E-state index contributed by atoms with van der Waals surface area (Å²) in [5.41, 5.74) is 6.53. The number of ether oxygens (including phenoxy) is 1. The number of alkyl halides is 1. The Hall–Kier alpha value is -3.04. The summed E-state index contributed by atoms with van der Waals surface area (Å²) >= 11 is 0. The van der Waals surface area contributed by atoms with Crippen LogP contribution in [0.15, 0.2) is 29.3 Å². The molecule has 2 fully saturated rings. The van der Waals surface area contributed by atoms with Crippen molar-refractivity contribution in [1.29, 1.82) is 0 Å². The van der Waals surface area contributed by atoms with Gasteiger partial charge in [0.25, 0.3) is 11.8 Å². The zero-order chi connectivity index (χ0) is 32.0. The van der Waals surface area contributed by atoms with Crippen molar-refractivity contribution in [3.63, 3.8) is 0 Å². The maximum Gasteiger partial charge on any atom is 0.267 e. The number of rotatable bonds is 13. The Balaban J connectivity index is 1.67. The second-order valence-electron chi connectivity index (χ2n) is 11.3. The van der Waals surface area contributed by atoms with Crippen molar-refractivity contribution in [1.82, 2.24) is 24.0 Å². The summed E-state index contributed by atoms with van der Waals surface area (Å²) in [6.45, 7) is 12.5. The first-order valence-electron chi connectivity index (χ1n) is 15.4. The van der Waals surface area contributed by atoms with Gasteiger partial charge in [-0.1, -0.05) is 0 Å². The highest BCUT2D eigenvalue weighted by molar-refractivity contribution is 7.89. The molecule has 2 saturated heterocycles. The van der Waals surface area contributed by atoms with Gasteiger partial charge in [-0.3, -0.25) is 23.8 Å². The highest BCUT2D eigenvalue weighted by Gasteiger charge is 2.38. The number of primary amides is 1. The normalized spacial score (nSPS) is 18.9. The number of anilines is 1. The maximum atomic E-state index is 14.2. The second-order valence-corrected chi connectivity index (χ2v) is 13.2. The Morgan fingerprint density at radius 2 is 1.89 bits per heavy atom. The molecule has 1 unspecified atom stereocenters. The van der Waals surface area contributed by atoms with Gasteiger partial charge in [0.05, 0.1) is 35.6 Å². The first-order chi connectivity index (χ1) is 21.0. The number of halogens is 1. The number of carbonyl (C=O) groups is 2. The van der Waals surface area contributed by atoms with Gasteiger partial charge in [-0.25, -0.2) is 8.42 Å². The zero-order valence-corrected chi connectivity index (χ0v) is 27.0. The Bertz CT molecular complexity index is 1420. The van der Waals surface area contributed by atoms with Crippen molar-refractivity contribution in [3.05, 3.63) is 41.2 Å². The first kappa shape index (κ1) is 33.8. The van der Waals surface area contributed by atoms with E-state index in [1.54, 1.807) is 17.7 Å². The van der Waals surface area contributed by atoms with Crippen LogP contribution < -0.4 is 21.1 Å². The molecule has 44 heavy (non-hydrogen) atoms. The molecule has 1 aromatic carbocycles. The maximum absolute atomic E-state index is 14.2. The van der Waals surface area contributed by atoms with E-state index >= 15 is 0 Å². The molecule has 0 saturated carbocycles. The lowest BCUT2D eigenvalue weighted by molar-refractivity contribution is 0.0255. The van der Waals surface area contributed by atoms with Gasteiger partial charge >= 0.3 is 0 Å². The molecule has 0 radical (unpaired) electrons. The van der Waals surface area contributed by atoms with Crippen LogP contribution in [0.3, 0.4) is 0 Å². The second kappa shape index (κ2) is 14.8. The number of carbonyl (C=O) groups excluding carboxylic acids is 2. The molecule has 2 aliphatic rings. The van der Waals surface area contributed by atoms with Gasteiger partial charge < -0.3 is 25.7 Å². The van der Waals surface area contributed by atoms with Crippen LogP contribution in [0.25, 0.3) is 0 Å². The lowest BCUT2D eigenvalue weighted by Crippen LogP contribution is -2.64. The number of hydrogen-bond donors (Lipinski definition) is 3. The topological polar surface area (TPSA) is 142 Å². The molecule has 4 rings (SSSR count). The minimum atomic E-state index is -4.01. The SMILES string of the molecule is CCOc1ccc(S(=O)(=O)N2CCNCC2N2CCN(C(C)C)CC2)cc1C(=O)Nc1c(CCCF)cn(CC)c1C(N)=O. The first-order valence-corrected chi connectivity index (χ1v) is 16.8. The summed E-state index contributed by atoms with van der Waals surface area (Å²) in [5, 5.41) is 6.11. The molecule has 1 atom stereocenters. The minimum absolute atomic E-state index is 0.00117. The van der Waals surface area contributed by atoms with Gasteiger partial charge in [0.15, 0.2) is 0 Å². The van der Waals surface area contributed by atoms with E-state index in [4.69, 9.17) is 10.5 Å². The van der Waals surface area contributed by atoms with E-state index in [-0.39, 0.29) is 59.7 Å². The third-order valence-corrected chi connectivity index (χ3v) is 10.2. The van der Waals surface area contributed by atoms with Gasteiger partial charge in [0.2, 0.25) is 10.0 Å². The number of nitrogens with zero attached hydrogens (tertiary/aromatic N) is 4. The van der Waals surface area contributed by atoms with E-state index in [0.29, 0.717) is 31.2 Å². The number of aromatic nitrogens is 1. The number of sulfonamides is 1. The monoisotopic (exact) mass is 635 g/mol. The van der Waals surface area contributed by atoms with Crippen LogP contribution >= 0.6 is 0 Å². The Morgan fingerprint density at radius 3 is 2.50 bits per heavy atom. The van der Waals surface area contributed by atoms with Crippen LogP contribution in [0, 0.1) is 0 Å². The van der Waals surface area contributed by atoms with Crippen LogP contribution in [0.5, 0.6) is 5.75 Å². The van der Waals surface area contributed by atoms with Gasteiger partial charge in [0, 0.05) is 64.6 Å². The van der Waals surface area contributed by atoms with Crippen LogP contribution in [-0.2, 0) is 23.0 Å². The van der Waals surface area contributed by atoms with Crippen molar-refractivity contribution < 1.29 is 27.1 Å². The lowest BCUT2D eigenvalue weighted by Gasteiger charge is -2.46. The van der Waals surface area contributed by atoms with E-state index in [9.17, 15) is 22.4 Å². The lowest BCUT2D eigenvalue weighted by atomic mass is 10.1. The summed E-state index contributed by atoms with van der Waals surface area (Å²) in [6.07, 6.45) is 1.80. The highest BCUT2D eigenvalue weighted by atomic mass is 32.2. The average molecular weight is 636 g/mol. The number of hydrogen-bond acceptors (Lipinski definition) is 8. The highest BCUT2D eigenvalue weighted by Crippen LogP contribution is 2.31. The predicted octanol–water partition coefficient (Wildman–Crippen LogP) is 2.11. The molecule has 1 aromatic heterocycles. The van der Waals surface area contributed by atoms with Crippen molar-refractivity contribution in [2.75, 3.05) is 64.4 Å². The average Bonchev–Trinajstić information content (AvgIpc) is 3.37. The van der Waals surface area contributed by atoms with Crippen LogP contribution in [0.2, 0.25) is 0 Å². The molecule has 2 aromatic rings. The predicted molar refractivity (Wildman–Crippen MR) is 167 cm³/mol. The molecule has 4 N–H and O–H groups in total. The zero-order valence-electron chi connectivity index (χ0n) is 26.1. The van der Waals surface area contributed by atoms with Crippen molar-refractivity contribution in [3.8, 4) is 5.75 Å². The van der Waals surface area contributed by atoms with Gasteiger partial charge in [-0.15, -0.1) is 0 Å². The van der Waals surface area contributed by atoms with Crippen LogP contribution in [0.1, 0.15) is 60.5 Å². The summed E-state index contributed by atoms with van der Waals surface area (Å²) in [5.74, 6) is -1.20. The quantitative estimate of drug-likeness (QED) is 0.304. The van der Waals surface area contributed by atoms with E-state index in [1.807, 2.05) is 6.92 Å². The fraction of sp³-hybridized carbons (Fsp3) is 0.600. The third kappa shape index (κ3) is 7.26.